The minimum Gasteiger partial charge on any atom is -0.321 e. The fourth-order valence-electron chi connectivity index (χ4n) is 2.67. The van der Waals surface area contributed by atoms with Crippen LogP contribution in [0.15, 0.2) is 36.5 Å². The zero-order valence-electron chi connectivity index (χ0n) is 12.9. The van der Waals surface area contributed by atoms with Crippen molar-refractivity contribution >= 4 is 24.0 Å². The smallest absolute Gasteiger partial charge is 0.276 e. The van der Waals surface area contributed by atoms with Crippen LogP contribution in [-0.2, 0) is 0 Å². The van der Waals surface area contributed by atoms with Crippen LogP contribution in [0.25, 0.3) is 0 Å². The van der Waals surface area contributed by atoms with E-state index in [0.717, 1.165) is 25.9 Å². The Labute approximate surface area is 144 Å². The minimum absolute atomic E-state index is 0. The molecule has 1 saturated heterocycles. The molecule has 1 amide bonds. The highest BCUT2D eigenvalue weighted by Crippen LogP contribution is 2.22. The van der Waals surface area contributed by atoms with Gasteiger partial charge in [0.05, 0.1) is 6.04 Å². The molecule has 0 spiro atoms. The van der Waals surface area contributed by atoms with Crippen molar-refractivity contribution < 1.29 is 13.6 Å². The number of halogens is 3. The first kappa shape index (κ1) is 18.4. The van der Waals surface area contributed by atoms with Crippen LogP contribution in [-0.4, -0.2) is 28.8 Å². The van der Waals surface area contributed by atoms with Crippen molar-refractivity contribution in [3.63, 3.8) is 0 Å². The normalized spacial score (nSPS) is 17.4. The van der Waals surface area contributed by atoms with Crippen molar-refractivity contribution in [1.29, 1.82) is 0 Å². The Morgan fingerprint density at radius 3 is 2.92 bits per heavy atom. The SMILES string of the molecule is Cl.O=C(Nc1cccc(C(F)F)c1)c1ccn(C2CCCNC2)n1. The number of rotatable bonds is 4. The number of benzene rings is 1. The van der Waals surface area contributed by atoms with Crippen LogP contribution in [0.4, 0.5) is 14.5 Å². The Bertz CT molecular complexity index is 686. The average molecular weight is 357 g/mol. The van der Waals surface area contributed by atoms with E-state index >= 15 is 0 Å². The summed E-state index contributed by atoms with van der Waals surface area (Å²) in [5, 5.41) is 10.2. The van der Waals surface area contributed by atoms with Gasteiger partial charge < -0.3 is 10.6 Å². The molecule has 5 nitrogen and oxygen atoms in total. The molecule has 1 aliphatic heterocycles. The molecule has 1 unspecified atom stereocenters. The Balaban J connectivity index is 0.00000208. The van der Waals surface area contributed by atoms with Gasteiger partial charge in [0.1, 0.15) is 0 Å². The van der Waals surface area contributed by atoms with Gasteiger partial charge in [0, 0.05) is 24.0 Å². The average Bonchev–Trinajstić information content (AvgIpc) is 3.06. The molecule has 8 heteroatoms. The van der Waals surface area contributed by atoms with Gasteiger partial charge in [-0.15, -0.1) is 12.4 Å². The van der Waals surface area contributed by atoms with E-state index in [1.165, 1.54) is 18.2 Å². The molecule has 0 saturated carbocycles. The summed E-state index contributed by atoms with van der Waals surface area (Å²) >= 11 is 0. The summed E-state index contributed by atoms with van der Waals surface area (Å²) in [6.45, 7) is 1.84. The lowest BCUT2D eigenvalue weighted by atomic mass is 10.1. The summed E-state index contributed by atoms with van der Waals surface area (Å²) in [6, 6.07) is 7.54. The first-order chi connectivity index (χ1) is 11.1. The highest BCUT2D eigenvalue weighted by atomic mass is 35.5. The molecule has 2 aromatic rings. The monoisotopic (exact) mass is 356 g/mol. The number of aromatic nitrogens is 2. The number of anilines is 1. The predicted octanol–water partition coefficient (Wildman–Crippen LogP) is 3.42. The molecule has 2 N–H and O–H groups in total. The first-order valence-electron chi connectivity index (χ1n) is 7.59. The van der Waals surface area contributed by atoms with Gasteiger partial charge in [-0.25, -0.2) is 8.78 Å². The fourth-order valence-corrected chi connectivity index (χ4v) is 2.67. The Hall–Kier alpha value is -1.99. The minimum atomic E-state index is -2.56. The third-order valence-electron chi connectivity index (χ3n) is 3.88. The molecule has 0 bridgehead atoms. The van der Waals surface area contributed by atoms with Gasteiger partial charge in [-0.05, 0) is 37.6 Å². The zero-order chi connectivity index (χ0) is 16.2. The van der Waals surface area contributed by atoms with Gasteiger partial charge in [-0.2, -0.15) is 5.10 Å². The second kappa shape index (κ2) is 8.21. The molecule has 2 heterocycles. The number of alkyl halides is 2. The molecule has 0 aliphatic carbocycles. The van der Waals surface area contributed by atoms with Crippen molar-refractivity contribution in [3.05, 3.63) is 47.8 Å². The van der Waals surface area contributed by atoms with Gasteiger partial charge in [-0.3, -0.25) is 9.48 Å². The maximum atomic E-state index is 12.7. The van der Waals surface area contributed by atoms with Gasteiger partial charge >= 0.3 is 0 Å². The second-order valence-electron chi connectivity index (χ2n) is 5.56. The zero-order valence-corrected chi connectivity index (χ0v) is 13.7. The molecule has 0 radical (unpaired) electrons. The van der Waals surface area contributed by atoms with Crippen LogP contribution in [0.3, 0.4) is 0 Å². The van der Waals surface area contributed by atoms with Gasteiger partial charge in [0.2, 0.25) is 0 Å². The number of carbonyl (C=O) groups is 1. The second-order valence-corrected chi connectivity index (χ2v) is 5.56. The first-order valence-corrected chi connectivity index (χ1v) is 7.59. The largest absolute Gasteiger partial charge is 0.321 e. The van der Waals surface area contributed by atoms with Crippen molar-refractivity contribution in [3.8, 4) is 0 Å². The molecule has 24 heavy (non-hydrogen) atoms. The van der Waals surface area contributed by atoms with E-state index in [0.29, 0.717) is 5.69 Å². The summed E-state index contributed by atoms with van der Waals surface area (Å²) in [6.07, 6.45) is 1.31. The van der Waals surface area contributed by atoms with Crippen LogP contribution in [0, 0.1) is 0 Å². The van der Waals surface area contributed by atoms with E-state index in [-0.39, 0.29) is 29.7 Å². The molecule has 1 aliphatic rings. The molecular weight excluding hydrogens is 338 g/mol. The van der Waals surface area contributed by atoms with Crippen molar-refractivity contribution in [2.24, 2.45) is 0 Å². The Morgan fingerprint density at radius 1 is 1.38 bits per heavy atom. The summed E-state index contributed by atoms with van der Waals surface area (Å²) in [7, 11) is 0. The summed E-state index contributed by atoms with van der Waals surface area (Å²) < 4.78 is 27.2. The van der Waals surface area contributed by atoms with Gasteiger partial charge in [0.15, 0.2) is 5.69 Å². The van der Waals surface area contributed by atoms with E-state index < -0.39 is 12.3 Å². The number of hydrogen-bond acceptors (Lipinski definition) is 3. The topological polar surface area (TPSA) is 59.0 Å². The van der Waals surface area contributed by atoms with Crippen molar-refractivity contribution in [2.45, 2.75) is 25.3 Å². The van der Waals surface area contributed by atoms with Crippen LogP contribution >= 0.6 is 12.4 Å². The fraction of sp³-hybridized carbons (Fsp3) is 0.375. The number of piperidine rings is 1. The Kier molecular flexibility index (Phi) is 6.28. The number of amides is 1. The number of nitrogens with zero attached hydrogens (tertiary/aromatic N) is 2. The van der Waals surface area contributed by atoms with Crippen molar-refractivity contribution in [1.82, 2.24) is 15.1 Å². The predicted molar refractivity (Wildman–Crippen MR) is 90.0 cm³/mol. The number of hydrogen-bond donors (Lipinski definition) is 2. The molecule has 1 aromatic carbocycles. The maximum Gasteiger partial charge on any atom is 0.276 e. The van der Waals surface area contributed by atoms with Crippen LogP contribution in [0.2, 0.25) is 0 Å². The Morgan fingerprint density at radius 2 is 2.21 bits per heavy atom. The number of nitrogens with one attached hydrogen (secondary N) is 2. The number of carbonyl (C=O) groups excluding carboxylic acids is 1. The standard InChI is InChI=1S/C16H18F2N4O.ClH/c17-15(18)11-3-1-4-12(9-11)20-16(23)14-6-8-22(21-14)13-5-2-7-19-10-13;/h1,3-4,6,8-9,13,15,19H,2,5,7,10H2,(H,20,23);1H. The van der Waals surface area contributed by atoms with E-state index in [1.54, 1.807) is 23.0 Å². The molecule has 1 aromatic heterocycles. The highest BCUT2D eigenvalue weighted by molar-refractivity contribution is 6.02. The molecule has 1 atom stereocenters. The van der Waals surface area contributed by atoms with Crippen LogP contribution in [0.1, 0.15) is 41.4 Å². The third-order valence-corrected chi connectivity index (χ3v) is 3.88. The van der Waals surface area contributed by atoms with Crippen LogP contribution in [0.5, 0.6) is 0 Å². The van der Waals surface area contributed by atoms with E-state index in [1.807, 2.05) is 0 Å². The van der Waals surface area contributed by atoms with Crippen LogP contribution < -0.4 is 10.6 Å². The summed E-state index contributed by atoms with van der Waals surface area (Å²) in [5.41, 5.74) is 0.487. The maximum absolute atomic E-state index is 12.7. The summed E-state index contributed by atoms with van der Waals surface area (Å²) in [5.74, 6) is -0.404. The lowest BCUT2D eigenvalue weighted by Crippen LogP contribution is -2.32. The lowest BCUT2D eigenvalue weighted by Gasteiger charge is -2.22. The summed E-state index contributed by atoms with van der Waals surface area (Å²) in [4.78, 5) is 12.2. The van der Waals surface area contributed by atoms with Gasteiger partial charge in [0.25, 0.3) is 12.3 Å². The molecule has 1 fully saturated rings. The quantitative estimate of drug-likeness (QED) is 0.882. The lowest BCUT2D eigenvalue weighted by molar-refractivity contribution is 0.102. The molecule has 130 valence electrons. The molecular formula is C16H19ClF2N4O. The van der Waals surface area contributed by atoms with E-state index in [2.05, 4.69) is 15.7 Å². The molecule has 3 rings (SSSR count). The van der Waals surface area contributed by atoms with E-state index in [9.17, 15) is 13.6 Å². The van der Waals surface area contributed by atoms with Crippen molar-refractivity contribution in [2.75, 3.05) is 18.4 Å². The van der Waals surface area contributed by atoms with Gasteiger partial charge in [-0.1, -0.05) is 12.1 Å². The third kappa shape index (κ3) is 4.30. The highest BCUT2D eigenvalue weighted by Gasteiger charge is 2.18. The van der Waals surface area contributed by atoms with E-state index in [4.69, 9.17) is 0 Å².